The van der Waals surface area contributed by atoms with E-state index in [-0.39, 0.29) is 11.8 Å². The SMILES string of the molecule is CN1CC=C(c2cc(NC(=O)C3CC3)nc3[nH]ccc23)C2(CC2)C1. The molecule has 24 heavy (non-hydrogen) atoms. The predicted octanol–water partition coefficient (Wildman–Crippen LogP) is 3.02. The molecule has 2 aliphatic carbocycles. The Morgan fingerprint density at radius 2 is 2.25 bits per heavy atom. The lowest BCUT2D eigenvalue weighted by Gasteiger charge is -2.31. The molecule has 0 atom stereocenters. The van der Waals surface area contributed by atoms with Crippen molar-refractivity contribution >= 4 is 28.3 Å². The van der Waals surface area contributed by atoms with E-state index in [0.717, 1.165) is 37.0 Å². The minimum Gasteiger partial charge on any atom is -0.346 e. The number of carbonyl (C=O) groups is 1. The number of fused-ring (bicyclic) bond motifs is 1. The number of amides is 1. The van der Waals surface area contributed by atoms with Crippen LogP contribution in [-0.2, 0) is 4.79 Å². The van der Waals surface area contributed by atoms with E-state index >= 15 is 0 Å². The first kappa shape index (κ1) is 14.2. The van der Waals surface area contributed by atoms with Crippen LogP contribution in [0.25, 0.3) is 16.6 Å². The molecule has 2 aromatic heterocycles. The normalized spacial score (nSPS) is 22.6. The fourth-order valence-corrected chi connectivity index (χ4v) is 4.00. The van der Waals surface area contributed by atoms with Crippen LogP contribution in [0.2, 0.25) is 0 Å². The Morgan fingerprint density at radius 1 is 1.42 bits per heavy atom. The number of H-pyrrole nitrogens is 1. The van der Waals surface area contributed by atoms with Gasteiger partial charge in [-0.1, -0.05) is 6.08 Å². The van der Waals surface area contributed by atoms with Gasteiger partial charge in [0.25, 0.3) is 0 Å². The molecule has 1 spiro atoms. The highest BCUT2D eigenvalue weighted by molar-refractivity contribution is 5.98. The molecule has 2 saturated carbocycles. The van der Waals surface area contributed by atoms with E-state index in [1.165, 1.54) is 24.0 Å². The Balaban J connectivity index is 1.59. The maximum atomic E-state index is 12.1. The number of rotatable bonds is 3. The Labute approximate surface area is 141 Å². The molecule has 5 heteroatoms. The quantitative estimate of drug-likeness (QED) is 0.913. The van der Waals surface area contributed by atoms with Crippen molar-refractivity contribution in [1.29, 1.82) is 0 Å². The minimum atomic E-state index is 0.109. The molecule has 1 amide bonds. The molecule has 2 aromatic rings. The summed E-state index contributed by atoms with van der Waals surface area (Å²) in [5.41, 5.74) is 3.83. The topological polar surface area (TPSA) is 61.0 Å². The summed E-state index contributed by atoms with van der Waals surface area (Å²) in [5, 5.41) is 4.17. The zero-order valence-corrected chi connectivity index (χ0v) is 13.9. The van der Waals surface area contributed by atoms with E-state index in [1.807, 2.05) is 6.20 Å². The van der Waals surface area contributed by atoms with Crippen LogP contribution in [0.4, 0.5) is 5.82 Å². The molecule has 0 aromatic carbocycles. The van der Waals surface area contributed by atoms with E-state index in [0.29, 0.717) is 11.2 Å². The summed E-state index contributed by atoms with van der Waals surface area (Å²) in [7, 11) is 2.19. The van der Waals surface area contributed by atoms with Gasteiger partial charge in [0, 0.05) is 36.0 Å². The van der Waals surface area contributed by atoms with E-state index in [2.05, 4.69) is 45.4 Å². The number of anilines is 1. The highest BCUT2D eigenvalue weighted by Gasteiger charge is 2.48. The second-order valence-electron chi connectivity index (χ2n) is 7.65. The number of hydrogen-bond donors (Lipinski definition) is 2. The van der Waals surface area contributed by atoms with E-state index in [9.17, 15) is 4.79 Å². The molecular formula is C19H22N4O. The first-order valence-electron chi connectivity index (χ1n) is 8.83. The van der Waals surface area contributed by atoms with E-state index in [4.69, 9.17) is 0 Å². The molecule has 3 heterocycles. The van der Waals surface area contributed by atoms with Gasteiger partial charge in [0.2, 0.25) is 5.91 Å². The van der Waals surface area contributed by atoms with Gasteiger partial charge in [-0.3, -0.25) is 4.79 Å². The lowest BCUT2D eigenvalue weighted by molar-refractivity contribution is -0.117. The smallest absolute Gasteiger partial charge is 0.228 e. The number of likely N-dealkylation sites (N-methyl/N-ethyl adjacent to an activating group) is 1. The molecule has 0 saturated heterocycles. The van der Waals surface area contributed by atoms with Crippen LogP contribution in [-0.4, -0.2) is 40.9 Å². The van der Waals surface area contributed by atoms with Crippen LogP contribution >= 0.6 is 0 Å². The minimum absolute atomic E-state index is 0.109. The summed E-state index contributed by atoms with van der Waals surface area (Å²) < 4.78 is 0. The van der Waals surface area contributed by atoms with Gasteiger partial charge >= 0.3 is 0 Å². The Kier molecular flexibility index (Phi) is 2.92. The summed E-state index contributed by atoms with van der Waals surface area (Å²) in [4.78, 5) is 22.3. The number of aromatic nitrogens is 2. The van der Waals surface area contributed by atoms with Gasteiger partial charge in [0.05, 0.1) is 0 Å². The lowest BCUT2D eigenvalue weighted by Crippen LogP contribution is -2.32. The molecule has 1 aliphatic heterocycles. The second kappa shape index (κ2) is 4.93. The molecule has 0 unspecified atom stereocenters. The fourth-order valence-electron chi connectivity index (χ4n) is 4.00. The second-order valence-corrected chi connectivity index (χ2v) is 7.65. The van der Waals surface area contributed by atoms with Crippen LogP contribution in [0.5, 0.6) is 0 Å². The van der Waals surface area contributed by atoms with Gasteiger partial charge in [-0.15, -0.1) is 0 Å². The standard InChI is InChI=1S/C19H22N4O/c1-23-9-5-15(19(11-23)6-7-19)14-10-16(22-18(24)12-2-3-12)21-17-13(14)4-8-20-17/h4-5,8,10,12H,2-3,6-7,9,11H2,1H3,(H2,20,21,22,24). The monoisotopic (exact) mass is 322 g/mol. The van der Waals surface area contributed by atoms with Crippen LogP contribution in [0.1, 0.15) is 31.2 Å². The van der Waals surface area contributed by atoms with Crippen LogP contribution in [0.3, 0.4) is 0 Å². The Bertz CT molecular complexity index is 857. The third-order valence-electron chi connectivity index (χ3n) is 5.62. The van der Waals surface area contributed by atoms with Crippen LogP contribution in [0.15, 0.2) is 24.4 Å². The van der Waals surface area contributed by atoms with Gasteiger partial charge in [0.1, 0.15) is 11.5 Å². The summed E-state index contributed by atoms with van der Waals surface area (Å²) in [6.07, 6.45) is 8.81. The zero-order valence-electron chi connectivity index (χ0n) is 13.9. The molecule has 0 bridgehead atoms. The highest BCUT2D eigenvalue weighted by atomic mass is 16.2. The van der Waals surface area contributed by atoms with Crippen LogP contribution < -0.4 is 5.32 Å². The van der Waals surface area contributed by atoms with Gasteiger partial charge < -0.3 is 15.2 Å². The Hall–Kier alpha value is -2.14. The lowest BCUT2D eigenvalue weighted by atomic mass is 9.85. The molecule has 2 fully saturated rings. The van der Waals surface area contributed by atoms with Crippen molar-refractivity contribution in [2.24, 2.45) is 11.3 Å². The van der Waals surface area contributed by atoms with Crippen molar-refractivity contribution < 1.29 is 4.79 Å². The van der Waals surface area contributed by atoms with E-state index < -0.39 is 0 Å². The number of carbonyl (C=O) groups excluding carboxylic acids is 1. The first-order valence-corrected chi connectivity index (χ1v) is 8.83. The predicted molar refractivity (Wildman–Crippen MR) is 94.6 cm³/mol. The van der Waals surface area contributed by atoms with Gasteiger partial charge in [0.15, 0.2) is 0 Å². The maximum absolute atomic E-state index is 12.1. The summed E-state index contributed by atoms with van der Waals surface area (Å²) in [5.74, 6) is 0.970. The first-order chi connectivity index (χ1) is 11.6. The van der Waals surface area contributed by atoms with Crippen LogP contribution in [0, 0.1) is 11.3 Å². The molecule has 2 N–H and O–H groups in total. The van der Waals surface area contributed by atoms with Crippen molar-refractivity contribution in [1.82, 2.24) is 14.9 Å². The molecule has 124 valence electrons. The molecular weight excluding hydrogens is 300 g/mol. The summed E-state index contributed by atoms with van der Waals surface area (Å²) in [6.45, 7) is 2.10. The fraction of sp³-hybridized carbons (Fsp3) is 0.474. The van der Waals surface area contributed by atoms with E-state index in [1.54, 1.807) is 0 Å². The van der Waals surface area contributed by atoms with Gasteiger partial charge in [-0.05, 0) is 56.0 Å². The van der Waals surface area contributed by atoms with Gasteiger partial charge in [-0.25, -0.2) is 4.98 Å². The van der Waals surface area contributed by atoms with Crippen molar-refractivity contribution in [3.63, 3.8) is 0 Å². The van der Waals surface area contributed by atoms with Gasteiger partial charge in [-0.2, -0.15) is 0 Å². The average molecular weight is 322 g/mol. The molecule has 0 radical (unpaired) electrons. The molecule has 5 nitrogen and oxygen atoms in total. The molecule has 3 aliphatic rings. The summed E-state index contributed by atoms with van der Waals surface area (Å²) >= 11 is 0. The highest BCUT2D eigenvalue weighted by Crippen LogP contribution is 2.58. The van der Waals surface area contributed by atoms with Crippen molar-refractivity contribution in [2.45, 2.75) is 25.7 Å². The third kappa shape index (κ3) is 2.26. The number of pyridine rings is 1. The number of nitrogens with zero attached hydrogens (tertiary/aromatic N) is 2. The zero-order chi connectivity index (χ0) is 16.3. The Morgan fingerprint density at radius 3 is 3.00 bits per heavy atom. The van der Waals surface area contributed by atoms with Crippen molar-refractivity contribution in [2.75, 3.05) is 25.5 Å². The van der Waals surface area contributed by atoms with Crippen molar-refractivity contribution in [3.8, 4) is 0 Å². The number of hydrogen-bond acceptors (Lipinski definition) is 3. The summed E-state index contributed by atoms with van der Waals surface area (Å²) in [6, 6.07) is 4.17. The third-order valence-corrected chi connectivity index (χ3v) is 5.62. The maximum Gasteiger partial charge on any atom is 0.228 e. The molecule has 5 rings (SSSR count). The number of nitrogens with one attached hydrogen (secondary N) is 2. The van der Waals surface area contributed by atoms with Crippen molar-refractivity contribution in [3.05, 3.63) is 30.0 Å². The average Bonchev–Trinajstić information content (AvgIpc) is 3.47. The number of aromatic amines is 1. The largest absolute Gasteiger partial charge is 0.346 e.